The summed E-state index contributed by atoms with van der Waals surface area (Å²) in [6.07, 6.45) is -0.118. The van der Waals surface area contributed by atoms with Gasteiger partial charge in [-0.15, -0.1) is 0 Å². The van der Waals surface area contributed by atoms with E-state index in [1.54, 1.807) is 6.92 Å². The molecule has 0 aliphatic heterocycles. The number of benzene rings is 1. The van der Waals surface area contributed by atoms with Gasteiger partial charge in [-0.05, 0) is 18.6 Å². The topological polar surface area (TPSA) is 127 Å². The summed E-state index contributed by atoms with van der Waals surface area (Å²) in [5, 5.41) is 19.3. The van der Waals surface area contributed by atoms with Crippen LogP contribution in [0.25, 0.3) is 0 Å². The van der Waals surface area contributed by atoms with Gasteiger partial charge in [0.15, 0.2) is 0 Å². The minimum absolute atomic E-state index is 0.184. The Morgan fingerprint density at radius 3 is 2.62 bits per heavy atom. The van der Waals surface area contributed by atoms with Crippen molar-refractivity contribution in [1.29, 1.82) is 0 Å². The van der Waals surface area contributed by atoms with E-state index in [9.17, 15) is 23.3 Å². The van der Waals surface area contributed by atoms with Crippen molar-refractivity contribution in [3.05, 3.63) is 33.3 Å². The van der Waals surface area contributed by atoms with Crippen molar-refractivity contribution in [3.8, 4) is 0 Å². The molecule has 0 aliphatic carbocycles. The van der Waals surface area contributed by atoms with Crippen LogP contribution in [0.15, 0.2) is 23.1 Å². The first kappa shape index (κ1) is 17.3. The Morgan fingerprint density at radius 1 is 1.52 bits per heavy atom. The Labute approximate surface area is 125 Å². The first-order valence-electron chi connectivity index (χ1n) is 5.85. The Hall–Kier alpha value is -1.71. The monoisotopic (exact) mass is 336 g/mol. The molecule has 116 valence electrons. The highest BCUT2D eigenvalue weighted by atomic mass is 35.5. The lowest BCUT2D eigenvalue weighted by atomic mass is 10.2. The van der Waals surface area contributed by atoms with E-state index in [0.717, 1.165) is 18.2 Å². The summed E-state index contributed by atoms with van der Waals surface area (Å²) in [6, 6.07) is 2.25. The zero-order chi connectivity index (χ0) is 16.2. The normalized spacial score (nSPS) is 12.9. The van der Waals surface area contributed by atoms with Crippen LogP contribution in [0.4, 0.5) is 5.69 Å². The average molecular weight is 337 g/mol. The number of halogens is 1. The highest BCUT2D eigenvalue weighted by Gasteiger charge is 2.24. The summed E-state index contributed by atoms with van der Waals surface area (Å²) < 4.78 is 26.4. The Balaban J connectivity index is 3.10. The van der Waals surface area contributed by atoms with Gasteiger partial charge in [0, 0.05) is 12.1 Å². The van der Waals surface area contributed by atoms with Gasteiger partial charge in [-0.2, -0.15) is 0 Å². The number of carboxylic acids is 1. The lowest BCUT2D eigenvalue weighted by Crippen LogP contribution is -2.36. The Kier molecular flexibility index (Phi) is 5.64. The highest BCUT2D eigenvalue weighted by molar-refractivity contribution is 7.89. The van der Waals surface area contributed by atoms with Crippen molar-refractivity contribution in [2.75, 3.05) is 0 Å². The van der Waals surface area contributed by atoms with E-state index in [4.69, 9.17) is 16.7 Å². The van der Waals surface area contributed by atoms with E-state index in [2.05, 4.69) is 4.72 Å². The minimum atomic E-state index is -4.07. The second-order valence-corrected chi connectivity index (χ2v) is 6.32. The predicted molar refractivity (Wildman–Crippen MR) is 74.8 cm³/mol. The molecule has 0 aliphatic rings. The molecule has 0 heterocycles. The van der Waals surface area contributed by atoms with Gasteiger partial charge in [0.2, 0.25) is 10.0 Å². The molecule has 2 N–H and O–H groups in total. The molecule has 10 heteroatoms. The molecule has 0 fully saturated rings. The van der Waals surface area contributed by atoms with Crippen LogP contribution in [0.3, 0.4) is 0 Å². The molecular weight excluding hydrogens is 324 g/mol. The van der Waals surface area contributed by atoms with Crippen LogP contribution < -0.4 is 4.72 Å². The van der Waals surface area contributed by atoms with Gasteiger partial charge in [0.05, 0.1) is 16.2 Å². The molecule has 1 unspecified atom stereocenters. The van der Waals surface area contributed by atoms with Crippen LogP contribution in [0.5, 0.6) is 0 Å². The molecule has 21 heavy (non-hydrogen) atoms. The summed E-state index contributed by atoms with van der Waals surface area (Å²) in [7, 11) is -4.07. The number of aliphatic carboxylic acids is 1. The SMILES string of the molecule is CCC(CC(=O)O)NS(=O)(=O)c1ccc(Cl)c([N+](=O)[O-])c1. The maximum atomic E-state index is 12.1. The predicted octanol–water partition coefficient (Wildman–Crippen LogP) is 1.78. The van der Waals surface area contributed by atoms with E-state index in [1.807, 2.05) is 0 Å². The molecule has 0 aromatic heterocycles. The standard InChI is InChI=1S/C11H13ClN2O6S/c1-2-7(5-11(15)16)13-21(19,20)8-3-4-9(12)10(6-8)14(17)18/h3-4,6-7,13H,2,5H2,1H3,(H,15,16). The second-order valence-electron chi connectivity index (χ2n) is 4.19. The fourth-order valence-electron chi connectivity index (χ4n) is 1.57. The first-order chi connectivity index (χ1) is 9.67. The van der Waals surface area contributed by atoms with Crippen molar-refractivity contribution < 1.29 is 23.2 Å². The summed E-state index contributed by atoms with van der Waals surface area (Å²) in [6.45, 7) is 1.63. The molecule has 0 saturated heterocycles. The van der Waals surface area contributed by atoms with Crippen LogP contribution in [0.1, 0.15) is 19.8 Å². The molecular formula is C11H13ClN2O6S. The third kappa shape index (κ3) is 4.66. The molecule has 0 saturated carbocycles. The lowest BCUT2D eigenvalue weighted by Gasteiger charge is -2.15. The zero-order valence-electron chi connectivity index (χ0n) is 10.9. The number of hydrogen-bond donors (Lipinski definition) is 2. The number of sulfonamides is 1. The quantitative estimate of drug-likeness (QED) is 0.577. The maximum Gasteiger partial charge on any atom is 0.304 e. The largest absolute Gasteiger partial charge is 0.481 e. The smallest absolute Gasteiger partial charge is 0.304 e. The molecule has 1 atom stereocenters. The third-order valence-electron chi connectivity index (χ3n) is 2.66. The van der Waals surface area contributed by atoms with Crippen LogP contribution in [-0.4, -0.2) is 30.5 Å². The van der Waals surface area contributed by atoms with E-state index < -0.39 is 32.6 Å². The number of carbonyl (C=O) groups is 1. The first-order valence-corrected chi connectivity index (χ1v) is 7.71. The summed E-state index contributed by atoms with van der Waals surface area (Å²) >= 11 is 5.61. The molecule has 0 bridgehead atoms. The molecule has 1 aromatic carbocycles. The van der Waals surface area contributed by atoms with Crippen molar-refractivity contribution in [2.24, 2.45) is 0 Å². The Bertz CT molecular complexity index is 661. The van der Waals surface area contributed by atoms with Crippen molar-refractivity contribution >= 4 is 33.3 Å². The number of carboxylic acid groups (broad SMARTS) is 1. The van der Waals surface area contributed by atoms with Gasteiger partial charge >= 0.3 is 5.97 Å². The van der Waals surface area contributed by atoms with Crippen LogP contribution >= 0.6 is 11.6 Å². The number of rotatable bonds is 7. The van der Waals surface area contributed by atoms with Gasteiger partial charge < -0.3 is 5.11 Å². The number of hydrogen-bond acceptors (Lipinski definition) is 5. The van der Waals surface area contributed by atoms with Gasteiger partial charge in [0.1, 0.15) is 5.02 Å². The van der Waals surface area contributed by atoms with Crippen LogP contribution in [0, 0.1) is 10.1 Å². The van der Waals surface area contributed by atoms with Crippen LogP contribution in [0.2, 0.25) is 5.02 Å². The van der Waals surface area contributed by atoms with E-state index >= 15 is 0 Å². The third-order valence-corrected chi connectivity index (χ3v) is 4.50. The molecule has 1 aromatic rings. The molecule has 1 rings (SSSR count). The fraction of sp³-hybridized carbons (Fsp3) is 0.364. The molecule has 0 radical (unpaired) electrons. The summed E-state index contributed by atoms with van der Waals surface area (Å²) in [5.74, 6) is -1.15. The number of nitrogens with zero attached hydrogens (tertiary/aromatic N) is 1. The molecule has 8 nitrogen and oxygen atoms in total. The molecule has 0 amide bonds. The van der Waals surface area contributed by atoms with E-state index in [1.165, 1.54) is 0 Å². The zero-order valence-corrected chi connectivity index (χ0v) is 12.5. The van der Waals surface area contributed by atoms with Gasteiger partial charge in [-0.3, -0.25) is 14.9 Å². The minimum Gasteiger partial charge on any atom is -0.481 e. The lowest BCUT2D eigenvalue weighted by molar-refractivity contribution is -0.384. The van der Waals surface area contributed by atoms with Crippen molar-refractivity contribution in [2.45, 2.75) is 30.7 Å². The maximum absolute atomic E-state index is 12.1. The second kappa shape index (κ2) is 6.83. The number of nitro benzene ring substituents is 1. The summed E-state index contributed by atoms with van der Waals surface area (Å²) in [5.41, 5.74) is -0.536. The van der Waals surface area contributed by atoms with Gasteiger partial charge in [-0.1, -0.05) is 18.5 Å². The van der Waals surface area contributed by atoms with E-state index in [-0.39, 0.29) is 22.8 Å². The van der Waals surface area contributed by atoms with Crippen molar-refractivity contribution in [1.82, 2.24) is 4.72 Å². The number of nitro groups is 1. The van der Waals surface area contributed by atoms with Crippen LogP contribution in [-0.2, 0) is 14.8 Å². The van der Waals surface area contributed by atoms with Gasteiger partial charge in [0.25, 0.3) is 5.69 Å². The Morgan fingerprint density at radius 2 is 2.14 bits per heavy atom. The number of nitrogens with one attached hydrogen (secondary N) is 1. The fourth-order valence-corrected chi connectivity index (χ4v) is 3.09. The average Bonchev–Trinajstić information content (AvgIpc) is 2.36. The van der Waals surface area contributed by atoms with Gasteiger partial charge in [-0.25, -0.2) is 13.1 Å². The van der Waals surface area contributed by atoms with Crippen molar-refractivity contribution in [3.63, 3.8) is 0 Å². The molecule has 0 spiro atoms. The highest BCUT2D eigenvalue weighted by Crippen LogP contribution is 2.27. The van der Waals surface area contributed by atoms with E-state index in [0.29, 0.717) is 0 Å². The summed E-state index contributed by atoms with van der Waals surface area (Å²) in [4.78, 5) is 20.2.